The average Bonchev–Trinajstić information content (AvgIpc) is 2.04. The van der Waals surface area contributed by atoms with Crippen LogP contribution in [0.1, 0.15) is 20.7 Å². The molecule has 0 heterocycles. The molecule has 1 rings (SSSR count). The van der Waals surface area contributed by atoms with E-state index in [1.807, 2.05) is 0 Å². The van der Waals surface area contributed by atoms with Crippen LogP contribution >= 0.6 is 0 Å². The van der Waals surface area contributed by atoms with E-state index < -0.39 is 11.9 Å². The second-order valence-electron chi connectivity index (χ2n) is 2.12. The molecule has 0 N–H and O–H groups in total. The molecule has 0 saturated heterocycles. The Morgan fingerprint density at radius 3 is 1.46 bits per heavy atom. The molecule has 0 atom stereocenters. The zero-order valence-electron chi connectivity index (χ0n) is 6.30. The molecule has 0 unspecified atom stereocenters. The van der Waals surface area contributed by atoms with E-state index in [0.29, 0.717) is 0 Å². The van der Waals surface area contributed by atoms with Crippen LogP contribution in [-0.4, -0.2) is 11.9 Å². The first-order chi connectivity index (χ1) is 5.63. The number of rotatable bonds is 2. The average molecular weight is 220 g/mol. The van der Waals surface area contributed by atoms with Crippen molar-refractivity contribution in [2.24, 2.45) is 0 Å². The van der Waals surface area contributed by atoms with Crippen LogP contribution in [0.4, 0.5) is 0 Å². The smallest absolute Gasteiger partial charge is 0.545 e. The van der Waals surface area contributed by atoms with Crippen LogP contribution in [0.15, 0.2) is 24.3 Å². The number of hydrogen-bond donors (Lipinski definition) is 0. The SMILES string of the molecule is O=C([O-])c1ccccc1C(=O)[O-].[Fe+2]. The van der Waals surface area contributed by atoms with Crippen LogP contribution in [0, 0.1) is 0 Å². The quantitative estimate of drug-likeness (QED) is 0.562. The fourth-order valence-electron chi connectivity index (χ4n) is 0.839. The monoisotopic (exact) mass is 220 g/mol. The summed E-state index contributed by atoms with van der Waals surface area (Å²) in [4.78, 5) is 20.6. The molecule has 0 aliphatic heterocycles. The second kappa shape index (κ2) is 4.64. The van der Waals surface area contributed by atoms with E-state index in [0.717, 1.165) is 12.1 Å². The Morgan fingerprint density at radius 1 is 0.923 bits per heavy atom. The van der Waals surface area contributed by atoms with E-state index >= 15 is 0 Å². The van der Waals surface area contributed by atoms with Crippen molar-refractivity contribution in [3.05, 3.63) is 35.4 Å². The summed E-state index contributed by atoms with van der Waals surface area (Å²) in [7, 11) is 0. The van der Waals surface area contributed by atoms with Gasteiger partial charge in [-0.25, -0.2) is 0 Å². The molecule has 1 aromatic carbocycles. The van der Waals surface area contributed by atoms with Gasteiger partial charge < -0.3 is 19.8 Å². The van der Waals surface area contributed by atoms with Crippen LogP contribution in [0.25, 0.3) is 0 Å². The first kappa shape index (κ1) is 11.7. The molecular weight excluding hydrogens is 216 g/mol. The van der Waals surface area contributed by atoms with Gasteiger partial charge in [0.1, 0.15) is 0 Å². The Labute approximate surface area is 84.7 Å². The van der Waals surface area contributed by atoms with Gasteiger partial charge in [-0.05, 0) is 0 Å². The maximum absolute atomic E-state index is 10.3. The Balaban J connectivity index is 0.00000144. The van der Waals surface area contributed by atoms with E-state index in [1.165, 1.54) is 12.1 Å². The van der Waals surface area contributed by atoms with Gasteiger partial charge in [0.2, 0.25) is 0 Å². The van der Waals surface area contributed by atoms with E-state index in [2.05, 4.69) is 0 Å². The summed E-state index contributed by atoms with van der Waals surface area (Å²) in [6, 6.07) is 5.14. The fourth-order valence-corrected chi connectivity index (χ4v) is 0.839. The van der Waals surface area contributed by atoms with Crippen LogP contribution < -0.4 is 10.2 Å². The molecule has 0 spiro atoms. The molecule has 5 heteroatoms. The first-order valence-corrected chi connectivity index (χ1v) is 3.14. The van der Waals surface area contributed by atoms with Crippen molar-refractivity contribution >= 4 is 11.9 Å². The Bertz CT molecular complexity index is 302. The zero-order chi connectivity index (χ0) is 9.14. The minimum atomic E-state index is -1.52. The number of carboxylic acids is 2. The summed E-state index contributed by atoms with van der Waals surface area (Å²) in [5, 5.41) is 20.6. The summed E-state index contributed by atoms with van der Waals surface area (Å²) in [6.07, 6.45) is 0. The van der Waals surface area contributed by atoms with Crippen molar-refractivity contribution in [3.63, 3.8) is 0 Å². The standard InChI is InChI=1S/C8H6O4.Fe/c9-7(10)5-3-1-2-4-6(5)8(11)12;/h1-4H,(H,9,10)(H,11,12);/q;+2/p-2. The number of carbonyl (C=O) groups is 2. The molecule has 0 saturated carbocycles. The number of aromatic carboxylic acids is 2. The fraction of sp³-hybridized carbons (Fsp3) is 0. The summed E-state index contributed by atoms with van der Waals surface area (Å²) < 4.78 is 0. The number of hydrogen-bond acceptors (Lipinski definition) is 4. The minimum Gasteiger partial charge on any atom is -0.545 e. The van der Waals surface area contributed by atoms with Gasteiger partial charge in [-0.3, -0.25) is 0 Å². The van der Waals surface area contributed by atoms with E-state index in [1.54, 1.807) is 0 Å². The van der Waals surface area contributed by atoms with Gasteiger partial charge in [0.15, 0.2) is 0 Å². The van der Waals surface area contributed by atoms with Gasteiger partial charge in [-0.2, -0.15) is 0 Å². The van der Waals surface area contributed by atoms with Crippen molar-refractivity contribution in [3.8, 4) is 0 Å². The van der Waals surface area contributed by atoms with Crippen molar-refractivity contribution in [1.82, 2.24) is 0 Å². The third-order valence-corrected chi connectivity index (χ3v) is 1.37. The number of benzene rings is 1. The van der Waals surface area contributed by atoms with Gasteiger partial charge >= 0.3 is 17.1 Å². The van der Waals surface area contributed by atoms with Crippen molar-refractivity contribution < 1.29 is 36.9 Å². The molecule has 1 aromatic rings. The molecule has 68 valence electrons. The largest absolute Gasteiger partial charge is 2.00 e. The molecule has 0 amide bonds. The third-order valence-electron chi connectivity index (χ3n) is 1.37. The van der Waals surface area contributed by atoms with Crippen molar-refractivity contribution in [2.75, 3.05) is 0 Å². The molecule has 4 nitrogen and oxygen atoms in total. The second-order valence-corrected chi connectivity index (χ2v) is 2.12. The number of carbonyl (C=O) groups excluding carboxylic acids is 2. The van der Waals surface area contributed by atoms with Crippen molar-refractivity contribution in [2.45, 2.75) is 0 Å². The van der Waals surface area contributed by atoms with Crippen molar-refractivity contribution in [1.29, 1.82) is 0 Å². The molecular formula is C8H4FeO4. The molecule has 0 fully saturated rings. The maximum atomic E-state index is 10.3. The minimum absolute atomic E-state index is 0. The van der Waals surface area contributed by atoms with Gasteiger partial charge in [0.05, 0.1) is 11.9 Å². The topological polar surface area (TPSA) is 80.3 Å². The molecule has 13 heavy (non-hydrogen) atoms. The van der Waals surface area contributed by atoms with Gasteiger partial charge in [0, 0.05) is 11.1 Å². The summed E-state index contributed by atoms with van der Waals surface area (Å²) in [6.45, 7) is 0. The van der Waals surface area contributed by atoms with Gasteiger partial charge in [0.25, 0.3) is 0 Å². The van der Waals surface area contributed by atoms with Crippen LogP contribution in [0.3, 0.4) is 0 Å². The van der Waals surface area contributed by atoms with E-state index in [9.17, 15) is 19.8 Å². The molecule has 0 aliphatic carbocycles. The van der Waals surface area contributed by atoms with E-state index in [-0.39, 0.29) is 28.2 Å². The predicted octanol–water partition coefficient (Wildman–Crippen LogP) is -1.59. The van der Waals surface area contributed by atoms with Crippen LogP contribution in [0.5, 0.6) is 0 Å². The maximum Gasteiger partial charge on any atom is 2.00 e. The summed E-state index contributed by atoms with van der Waals surface area (Å²) in [5.74, 6) is -3.04. The normalized spacial score (nSPS) is 8.62. The van der Waals surface area contributed by atoms with E-state index in [4.69, 9.17) is 0 Å². The Kier molecular flexibility index (Phi) is 4.17. The number of carboxylic acid groups (broad SMARTS) is 2. The molecule has 0 aliphatic rings. The molecule has 0 aromatic heterocycles. The predicted molar refractivity (Wildman–Crippen MR) is 35.1 cm³/mol. The Morgan fingerprint density at radius 2 is 1.23 bits per heavy atom. The van der Waals surface area contributed by atoms with Crippen LogP contribution in [0.2, 0.25) is 0 Å². The first-order valence-electron chi connectivity index (χ1n) is 3.14. The summed E-state index contributed by atoms with van der Waals surface area (Å²) >= 11 is 0. The zero-order valence-corrected chi connectivity index (χ0v) is 7.40. The summed E-state index contributed by atoms with van der Waals surface area (Å²) in [5.41, 5.74) is -0.727. The van der Waals surface area contributed by atoms with Gasteiger partial charge in [-0.1, -0.05) is 24.3 Å². The molecule has 0 bridgehead atoms. The molecule has 0 radical (unpaired) electrons. The Hall–Kier alpha value is -1.32. The third kappa shape index (κ3) is 2.57. The van der Waals surface area contributed by atoms with Gasteiger partial charge in [-0.15, -0.1) is 0 Å². The van der Waals surface area contributed by atoms with Crippen LogP contribution in [-0.2, 0) is 17.1 Å².